The molecule has 1 saturated heterocycles. The molecule has 0 aliphatic carbocycles. The van der Waals surface area contributed by atoms with E-state index < -0.39 is 0 Å². The van der Waals surface area contributed by atoms with Gasteiger partial charge in [0, 0.05) is 24.2 Å². The number of thiazole rings is 1. The Hall–Kier alpha value is -0.160. The molecule has 0 spiro atoms. The molecule has 2 heterocycles. The van der Waals surface area contributed by atoms with Gasteiger partial charge in [0.1, 0.15) is 5.01 Å². The smallest absolute Gasteiger partial charge is 0.107 e. The molecular formula is C10H18ClN3S. The highest BCUT2D eigenvalue weighted by molar-refractivity contribution is 7.09. The molecule has 1 aliphatic rings. The zero-order chi connectivity index (χ0) is 9.97. The van der Waals surface area contributed by atoms with Crippen molar-refractivity contribution in [2.24, 2.45) is 11.7 Å². The van der Waals surface area contributed by atoms with E-state index in [-0.39, 0.29) is 12.4 Å². The van der Waals surface area contributed by atoms with Crippen molar-refractivity contribution in [3.63, 3.8) is 0 Å². The lowest BCUT2D eigenvalue weighted by Crippen LogP contribution is -2.29. The lowest BCUT2D eigenvalue weighted by molar-refractivity contribution is 0.308. The van der Waals surface area contributed by atoms with E-state index in [1.54, 1.807) is 11.3 Å². The van der Waals surface area contributed by atoms with Crippen LogP contribution in [0.1, 0.15) is 18.4 Å². The summed E-state index contributed by atoms with van der Waals surface area (Å²) in [6.45, 7) is 5.42. The second-order valence-electron chi connectivity index (χ2n) is 4.07. The number of nitrogens with zero attached hydrogens (tertiary/aromatic N) is 2. The Morgan fingerprint density at radius 1 is 1.73 bits per heavy atom. The van der Waals surface area contributed by atoms with Crippen molar-refractivity contribution in [1.29, 1.82) is 0 Å². The molecule has 3 nitrogen and oxygen atoms in total. The summed E-state index contributed by atoms with van der Waals surface area (Å²) in [6, 6.07) is 0.330. The van der Waals surface area contributed by atoms with Crippen LogP contribution in [0.2, 0.25) is 0 Å². The summed E-state index contributed by atoms with van der Waals surface area (Å²) >= 11 is 1.74. The zero-order valence-electron chi connectivity index (χ0n) is 8.93. The summed E-state index contributed by atoms with van der Waals surface area (Å²) < 4.78 is 0. The molecule has 2 unspecified atom stereocenters. The van der Waals surface area contributed by atoms with Crippen molar-refractivity contribution in [3.8, 4) is 0 Å². The van der Waals surface area contributed by atoms with Gasteiger partial charge in [-0.1, -0.05) is 0 Å². The summed E-state index contributed by atoms with van der Waals surface area (Å²) in [5, 5.41) is 3.25. The first kappa shape index (κ1) is 12.9. The average molecular weight is 248 g/mol. The van der Waals surface area contributed by atoms with E-state index in [4.69, 9.17) is 5.73 Å². The Kier molecular flexibility index (Phi) is 4.99. The van der Waals surface area contributed by atoms with E-state index in [0.29, 0.717) is 12.0 Å². The Morgan fingerprint density at radius 3 is 3.07 bits per heavy atom. The first-order chi connectivity index (χ1) is 6.75. The first-order valence-electron chi connectivity index (χ1n) is 5.12. The van der Waals surface area contributed by atoms with Crippen LogP contribution < -0.4 is 5.73 Å². The monoisotopic (exact) mass is 247 g/mol. The molecule has 2 N–H and O–H groups in total. The van der Waals surface area contributed by atoms with Crippen LogP contribution in [0.3, 0.4) is 0 Å². The van der Waals surface area contributed by atoms with E-state index in [1.165, 1.54) is 18.0 Å². The van der Waals surface area contributed by atoms with Crippen molar-refractivity contribution < 1.29 is 0 Å². The van der Waals surface area contributed by atoms with E-state index >= 15 is 0 Å². The van der Waals surface area contributed by atoms with E-state index in [2.05, 4.69) is 16.8 Å². The number of hydrogen-bond acceptors (Lipinski definition) is 4. The normalized spacial score (nSPS) is 23.7. The second kappa shape index (κ2) is 5.80. The van der Waals surface area contributed by atoms with Gasteiger partial charge in [0.05, 0.1) is 6.54 Å². The van der Waals surface area contributed by atoms with Crippen molar-refractivity contribution in [2.45, 2.75) is 25.9 Å². The van der Waals surface area contributed by atoms with Crippen LogP contribution in [0.25, 0.3) is 0 Å². The SMILES string of the molecule is CC(N)C1CCN(Cc2nccs2)C1.Cl. The van der Waals surface area contributed by atoms with Crippen LogP contribution in [-0.2, 0) is 6.54 Å². The minimum Gasteiger partial charge on any atom is -0.328 e. The van der Waals surface area contributed by atoms with Gasteiger partial charge < -0.3 is 5.73 Å². The Labute approximate surface area is 101 Å². The fourth-order valence-corrected chi connectivity index (χ4v) is 2.62. The molecule has 1 aliphatic heterocycles. The third-order valence-electron chi connectivity index (χ3n) is 2.89. The van der Waals surface area contributed by atoms with Gasteiger partial charge in [-0.3, -0.25) is 4.90 Å². The number of likely N-dealkylation sites (tertiary alicyclic amines) is 1. The quantitative estimate of drug-likeness (QED) is 0.885. The van der Waals surface area contributed by atoms with Gasteiger partial charge >= 0.3 is 0 Å². The van der Waals surface area contributed by atoms with Crippen LogP contribution in [-0.4, -0.2) is 29.0 Å². The van der Waals surface area contributed by atoms with Gasteiger partial charge in [0.25, 0.3) is 0 Å². The Bertz CT molecular complexity index is 276. The molecule has 0 amide bonds. The fourth-order valence-electron chi connectivity index (χ4n) is 1.96. The van der Waals surface area contributed by atoms with Gasteiger partial charge in [-0.05, 0) is 25.8 Å². The standard InChI is InChI=1S/C10H17N3S.ClH/c1-8(11)9-2-4-13(6-9)7-10-12-3-5-14-10;/h3,5,8-9H,2,4,6-7,11H2,1H3;1H. The predicted octanol–water partition coefficient (Wildman–Crippen LogP) is 1.73. The Balaban J connectivity index is 0.00000112. The molecule has 0 bridgehead atoms. The minimum atomic E-state index is 0. The molecule has 15 heavy (non-hydrogen) atoms. The molecule has 0 aromatic carbocycles. The summed E-state index contributed by atoms with van der Waals surface area (Å²) in [5.74, 6) is 0.676. The summed E-state index contributed by atoms with van der Waals surface area (Å²) in [5.41, 5.74) is 5.89. The summed E-state index contributed by atoms with van der Waals surface area (Å²) in [7, 11) is 0. The molecule has 1 aromatic rings. The van der Waals surface area contributed by atoms with E-state index in [0.717, 1.165) is 13.1 Å². The Morgan fingerprint density at radius 2 is 2.53 bits per heavy atom. The molecule has 0 radical (unpaired) electrons. The number of halogens is 1. The minimum absolute atomic E-state index is 0. The average Bonchev–Trinajstić information content (AvgIpc) is 2.75. The van der Waals surface area contributed by atoms with Crippen molar-refractivity contribution in [3.05, 3.63) is 16.6 Å². The van der Waals surface area contributed by atoms with Crippen LogP contribution in [0.15, 0.2) is 11.6 Å². The number of hydrogen-bond donors (Lipinski definition) is 1. The molecule has 2 rings (SSSR count). The van der Waals surface area contributed by atoms with E-state index in [9.17, 15) is 0 Å². The van der Waals surface area contributed by atoms with Gasteiger partial charge in [0.2, 0.25) is 0 Å². The molecular weight excluding hydrogens is 230 g/mol. The second-order valence-corrected chi connectivity index (χ2v) is 5.05. The third kappa shape index (κ3) is 3.41. The largest absolute Gasteiger partial charge is 0.328 e. The highest BCUT2D eigenvalue weighted by Crippen LogP contribution is 2.20. The van der Waals surface area contributed by atoms with E-state index in [1.807, 2.05) is 11.6 Å². The van der Waals surface area contributed by atoms with Gasteiger partial charge in [-0.15, -0.1) is 23.7 Å². The number of rotatable bonds is 3. The van der Waals surface area contributed by atoms with Crippen LogP contribution in [0, 0.1) is 5.92 Å². The molecule has 1 aromatic heterocycles. The van der Waals surface area contributed by atoms with Crippen LogP contribution in [0.5, 0.6) is 0 Å². The number of aromatic nitrogens is 1. The maximum atomic E-state index is 5.89. The maximum Gasteiger partial charge on any atom is 0.107 e. The predicted molar refractivity (Wildman–Crippen MR) is 66.4 cm³/mol. The van der Waals surface area contributed by atoms with Crippen molar-refractivity contribution in [2.75, 3.05) is 13.1 Å². The first-order valence-corrected chi connectivity index (χ1v) is 6.00. The van der Waals surface area contributed by atoms with Crippen molar-refractivity contribution in [1.82, 2.24) is 9.88 Å². The highest BCUT2D eigenvalue weighted by atomic mass is 35.5. The topological polar surface area (TPSA) is 42.1 Å². The van der Waals surface area contributed by atoms with Gasteiger partial charge in [-0.2, -0.15) is 0 Å². The van der Waals surface area contributed by atoms with Crippen molar-refractivity contribution >= 4 is 23.7 Å². The summed E-state index contributed by atoms with van der Waals surface area (Å²) in [6.07, 6.45) is 3.11. The lowest BCUT2D eigenvalue weighted by atomic mass is 10.0. The molecule has 0 saturated carbocycles. The third-order valence-corrected chi connectivity index (χ3v) is 3.66. The number of nitrogens with two attached hydrogens (primary N) is 1. The van der Waals surface area contributed by atoms with Gasteiger partial charge in [-0.25, -0.2) is 4.98 Å². The fraction of sp³-hybridized carbons (Fsp3) is 0.700. The summed E-state index contributed by atoms with van der Waals surface area (Å²) in [4.78, 5) is 6.75. The molecule has 86 valence electrons. The van der Waals surface area contributed by atoms with Crippen LogP contribution in [0.4, 0.5) is 0 Å². The zero-order valence-corrected chi connectivity index (χ0v) is 10.6. The maximum absolute atomic E-state index is 5.89. The molecule has 5 heteroatoms. The lowest BCUT2D eigenvalue weighted by Gasteiger charge is -2.16. The van der Waals surface area contributed by atoms with Gasteiger partial charge in [0.15, 0.2) is 0 Å². The highest BCUT2D eigenvalue weighted by Gasteiger charge is 2.25. The molecule has 1 fully saturated rings. The molecule has 2 atom stereocenters. The van der Waals surface area contributed by atoms with Crippen LogP contribution >= 0.6 is 23.7 Å².